The first-order valence-electron chi connectivity index (χ1n) is 11.6. The molecular weight excluding hydrogens is 398 g/mol. The maximum Gasteiger partial charge on any atom is 0.225 e. The number of hydrogen-bond acceptors (Lipinski definition) is 7. The largest absolute Gasteiger partial charge is 0.394 e. The molecule has 0 radical (unpaired) electrons. The van der Waals surface area contributed by atoms with E-state index in [4.69, 9.17) is 4.74 Å². The van der Waals surface area contributed by atoms with Gasteiger partial charge >= 0.3 is 0 Å². The van der Waals surface area contributed by atoms with Crippen LogP contribution in [0.1, 0.15) is 83.8 Å². The molecule has 9 heteroatoms. The fourth-order valence-electron chi connectivity index (χ4n) is 4.02. The van der Waals surface area contributed by atoms with Gasteiger partial charge in [-0.2, -0.15) is 0 Å². The Balaban J connectivity index is 1.47. The number of unbranched alkanes of at least 4 members (excludes halogenated alkanes) is 8. The predicted molar refractivity (Wildman–Crippen MR) is 117 cm³/mol. The highest BCUT2D eigenvalue weighted by atomic mass is 16.5. The van der Waals surface area contributed by atoms with Gasteiger partial charge in [-0.05, 0) is 6.42 Å². The number of carbonyl (C=O) groups excluding carboxylic acids is 1. The maximum atomic E-state index is 12.4. The van der Waals surface area contributed by atoms with Crippen molar-refractivity contribution in [1.29, 1.82) is 0 Å². The van der Waals surface area contributed by atoms with Crippen molar-refractivity contribution in [3.63, 3.8) is 0 Å². The molecule has 1 amide bonds. The van der Waals surface area contributed by atoms with E-state index in [1.165, 1.54) is 57.6 Å². The molecule has 31 heavy (non-hydrogen) atoms. The molecule has 0 aliphatic carbocycles. The summed E-state index contributed by atoms with van der Waals surface area (Å²) < 4.78 is 7.30. The minimum atomic E-state index is -0.769. The summed E-state index contributed by atoms with van der Waals surface area (Å²) in [5.74, 6) is 0.269. The van der Waals surface area contributed by atoms with Gasteiger partial charge in [0, 0.05) is 12.8 Å². The van der Waals surface area contributed by atoms with Gasteiger partial charge in [-0.3, -0.25) is 9.36 Å². The molecule has 0 saturated carbocycles. The molecule has 0 bridgehead atoms. The molecule has 2 aromatic rings. The average molecular weight is 434 g/mol. The Bertz CT molecular complexity index is 827. The van der Waals surface area contributed by atoms with Crippen molar-refractivity contribution in [2.45, 2.75) is 96.0 Å². The highest BCUT2D eigenvalue weighted by Crippen LogP contribution is 2.31. The van der Waals surface area contributed by atoms with E-state index in [1.807, 2.05) is 0 Å². The standard InChI is InChI=1S/C22H35N5O4/c1-2-3-4-5-6-7-8-9-10-11-18(30)26-20-19-21(24-14-23-20)27(15-25-19)22-17(29)12-16(13-28)31-22/h14-17,22,28-29H,2-13H2,1H3,(H,23,24,26,30). The fourth-order valence-corrected chi connectivity index (χ4v) is 4.02. The number of imidazole rings is 1. The molecule has 0 spiro atoms. The quantitative estimate of drug-likeness (QED) is 0.414. The third-order valence-corrected chi connectivity index (χ3v) is 5.77. The predicted octanol–water partition coefficient (Wildman–Crippen LogP) is 3.33. The van der Waals surface area contributed by atoms with E-state index in [2.05, 4.69) is 27.2 Å². The van der Waals surface area contributed by atoms with E-state index >= 15 is 0 Å². The lowest BCUT2D eigenvalue weighted by Crippen LogP contribution is -2.19. The van der Waals surface area contributed by atoms with Crippen molar-refractivity contribution in [3.8, 4) is 0 Å². The zero-order valence-corrected chi connectivity index (χ0v) is 18.4. The topological polar surface area (TPSA) is 122 Å². The zero-order chi connectivity index (χ0) is 22.1. The van der Waals surface area contributed by atoms with Crippen molar-refractivity contribution >= 4 is 22.9 Å². The maximum absolute atomic E-state index is 12.4. The number of fused-ring (bicyclic) bond motifs is 1. The van der Waals surface area contributed by atoms with Crippen LogP contribution >= 0.6 is 0 Å². The number of aromatic nitrogens is 4. The number of aliphatic hydroxyl groups is 2. The summed E-state index contributed by atoms with van der Waals surface area (Å²) >= 11 is 0. The van der Waals surface area contributed by atoms with Crippen LogP contribution in [0.15, 0.2) is 12.7 Å². The molecular formula is C22H35N5O4. The molecule has 172 valence electrons. The monoisotopic (exact) mass is 433 g/mol. The molecule has 3 rings (SSSR count). The number of anilines is 1. The second kappa shape index (κ2) is 12.1. The van der Waals surface area contributed by atoms with Crippen LogP contribution in [0, 0.1) is 0 Å². The summed E-state index contributed by atoms with van der Waals surface area (Å²) in [6.07, 6.45) is 12.6. The summed E-state index contributed by atoms with van der Waals surface area (Å²) in [4.78, 5) is 25.1. The molecule has 3 heterocycles. The second-order valence-electron chi connectivity index (χ2n) is 8.31. The summed E-state index contributed by atoms with van der Waals surface area (Å²) in [5.41, 5.74) is 0.919. The first kappa shape index (κ1) is 23.6. The van der Waals surface area contributed by atoms with Crippen LogP contribution in [-0.2, 0) is 9.53 Å². The van der Waals surface area contributed by atoms with Gasteiger partial charge in [-0.1, -0.05) is 58.3 Å². The average Bonchev–Trinajstić information content (AvgIpc) is 3.36. The highest BCUT2D eigenvalue weighted by molar-refractivity contribution is 5.96. The van der Waals surface area contributed by atoms with Crippen LogP contribution in [0.4, 0.5) is 5.82 Å². The van der Waals surface area contributed by atoms with Gasteiger partial charge in [0.1, 0.15) is 12.4 Å². The Morgan fingerprint density at radius 2 is 1.84 bits per heavy atom. The SMILES string of the molecule is CCCCCCCCCCCC(=O)Nc1ncnc2c1ncn2C1OC(CO)CC1O. The molecule has 1 aliphatic heterocycles. The van der Waals surface area contributed by atoms with E-state index in [1.54, 1.807) is 4.57 Å². The van der Waals surface area contributed by atoms with Gasteiger partial charge in [0.15, 0.2) is 23.2 Å². The van der Waals surface area contributed by atoms with Crippen molar-refractivity contribution in [1.82, 2.24) is 19.5 Å². The van der Waals surface area contributed by atoms with Gasteiger partial charge in [0.2, 0.25) is 5.91 Å². The molecule has 3 unspecified atom stereocenters. The van der Waals surface area contributed by atoms with Gasteiger partial charge in [-0.15, -0.1) is 0 Å². The second-order valence-corrected chi connectivity index (χ2v) is 8.31. The lowest BCUT2D eigenvalue weighted by atomic mass is 10.1. The lowest BCUT2D eigenvalue weighted by molar-refractivity contribution is -0.116. The van der Waals surface area contributed by atoms with Crippen molar-refractivity contribution in [2.75, 3.05) is 11.9 Å². The number of aliphatic hydroxyl groups excluding tert-OH is 2. The normalized spacial score (nSPS) is 21.1. The third-order valence-electron chi connectivity index (χ3n) is 5.77. The van der Waals surface area contributed by atoms with Crippen molar-refractivity contribution < 1.29 is 19.7 Å². The van der Waals surface area contributed by atoms with Crippen LogP contribution in [0.2, 0.25) is 0 Å². The highest BCUT2D eigenvalue weighted by Gasteiger charge is 2.36. The van der Waals surface area contributed by atoms with Gasteiger partial charge in [0.05, 0.1) is 19.0 Å². The molecule has 9 nitrogen and oxygen atoms in total. The summed E-state index contributed by atoms with van der Waals surface area (Å²) in [6, 6.07) is 0. The number of hydrogen-bond donors (Lipinski definition) is 3. The third kappa shape index (κ3) is 6.44. The number of carbonyl (C=O) groups is 1. The first-order valence-corrected chi connectivity index (χ1v) is 11.6. The first-order chi connectivity index (χ1) is 15.1. The number of ether oxygens (including phenoxy) is 1. The van der Waals surface area contributed by atoms with E-state index in [-0.39, 0.29) is 12.5 Å². The van der Waals surface area contributed by atoms with Crippen molar-refractivity contribution in [3.05, 3.63) is 12.7 Å². The van der Waals surface area contributed by atoms with Crippen LogP contribution in [-0.4, -0.2) is 54.5 Å². The molecule has 1 fully saturated rings. The molecule has 3 atom stereocenters. The van der Waals surface area contributed by atoms with E-state index in [0.29, 0.717) is 29.8 Å². The molecule has 1 saturated heterocycles. The molecule has 1 aliphatic rings. The summed E-state index contributed by atoms with van der Waals surface area (Å²) in [6.45, 7) is 2.07. The van der Waals surface area contributed by atoms with E-state index < -0.39 is 18.4 Å². The van der Waals surface area contributed by atoms with Crippen LogP contribution in [0.25, 0.3) is 11.2 Å². The minimum Gasteiger partial charge on any atom is -0.394 e. The Morgan fingerprint density at radius 1 is 1.13 bits per heavy atom. The Labute approximate surface area is 183 Å². The Morgan fingerprint density at radius 3 is 2.52 bits per heavy atom. The van der Waals surface area contributed by atoms with Crippen LogP contribution < -0.4 is 5.32 Å². The van der Waals surface area contributed by atoms with Gasteiger partial charge in [0.25, 0.3) is 0 Å². The number of amides is 1. The number of rotatable bonds is 13. The number of nitrogens with zero attached hydrogens (tertiary/aromatic N) is 4. The lowest BCUT2D eigenvalue weighted by Gasteiger charge is -2.16. The van der Waals surface area contributed by atoms with Crippen LogP contribution in [0.5, 0.6) is 0 Å². The van der Waals surface area contributed by atoms with Gasteiger partial charge < -0.3 is 20.3 Å². The van der Waals surface area contributed by atoms with E-state index in [9.17, 15) is 15.0 Å². The van der Waals surface area contributed by atoms with Gasteiger partial charge in [-0.25, -0.2) is 15.0 Å². The molecule has 0 aromatic carbocycles. The number of nitrogens with one attached hydrogen (secondary N) is 1. The fraction of sp³-hybridized carbons (Fsp3) is 0.727. The summed E-state index contributed by atoms with van der Waals surface area (Å²) in [5, 5.41) is 22.4. The van der Waals surface area contributed by atoms with Crippen LogP contribution in [0.3, 0.4) is 0 Å². The Kier molecular flexibility index (Phi) is 9.17. The summed E-state index contributed by atoms with van der Waals surface area (Å²) in [7, 11) is 0. The smallest absolute Gasteiger partial charge is 0.225 e. The van der Waals surface area contributed by atoms with E-state index in [0.717, 1.165) is 12.8 Å². The molecule has 3 N–H and O–H groups in total. The van der Waals surface area contributed by atoms with Crippen molar-refractivity contribution in [2.24, 2.45) is 0 Å². The molecule has 2 aromatic heterocycles. The zero-order valence-electron chi connectivity index (χ0n) is 18.4. The minimum absolute atomic E-state index is 0.0880. The Hall–Kier alpha value is -2.10.